The largest absolute Gasteiger partial charge is 0.350 e. The smallest absolute Gasteiger partial charge is 0.151 e. The summed E-state index contributed by atoms with van der Waals surface area (Å²) >= 11 is 5.74. The fourth-order valence-electron chi connectivity index (χ4n) is 1.72. The van der Waals surface area contributed by atoms with Gasteiger partial charge in [-0.3, -0.25) is 4.98 Å². The molecule has 0 amide bonds. The summed E-state index contributed by atoms with van der Waals surface area (Å²) in [6.07, 6.45) is 0. The highest BCUT2D eigenvalue weighted by molar-refractivity contribution is 6.29. The van der Waals surface area contributed by atoms with E-state index < -0.39 is 0 Å². The van der Waals surface area contributed by atoms with Crippen LogP contribution < -0.4 is 4.90 Å². The molecule has 0 saturated heterocycles. The number of hydrogen-bond donors (Lipinski definition) is 0. The molecule has 0 aromatic carbocycles. The summed E-state index contributed by atoms with van der Waals surface area (Å²) in [5.41, 5.74) is 2.04. The van der Waals surface area contributed by atoms with E-state index in [9.17, 15) is 0 Å². The molecule has 0 N–H and O–H groups in total. The van der Waals surface area contributed by atoms with Gasteiger partial charge < -0.3 is 4.90 Å². The van der Waals surface area contributed by atoms with Crippen molar-refractivity contribution in [1.29, 1.82) is 0 Å². The normalized spacial score (nSPS) is 10.4. The molecule has 0 atom stereocenters. The minimum absolute atomic E-state index is 0.406. The Hall–Kier alpha value is -1.68. The number of hydrogen-bond acceptors (Lipinski definition) is 4. The summed E-state index contributed by atoms with van der Waals surface area (Å²) in [7, 11) is 0. The van der Waals surface area contributed by atoms with E-state index in [0.29, 0.717) is 11.7 Å². The van der Waals surface area contributed by atoms with E-state index in [2.05, 4.69) is 27.0 Å². The van der Waals surface area contributed by atoms with Gasteiger partial charge in [0.1, 0.15) is 0 Å². The molecular weight excluding hydrogens is 248 g/mol. The van der Waals surface area contributed by atoms with Crippen LogP contribution in [0.3, 0.4) is 0 Å². The zero-order valence-corrected chi connectivity index (χ0v) is 11.2. The zero-order valence-electron chi connectivity index (χ0n) is 10.5. The van der Waals surface area contributed by atoms with Crippen molar-refractivity contribution in [3.05, 3.63) is 46.9 Å². The third-order valence-electron chi connectivity index (χ3n) is 2.62. The first-order chi connectivity index (χ1) is 8.69. The van der Waals surface area contributed by atoms with Gasteiger partial charge in [0.2, 0.25) is 0 Å². The lowest BCUT2D eigenvalue weighted by Crippen LogP contribution is -2.24. The van der Waals surface area contributed by atoms with E-state index in [1.54, 1.807) is 6.07 Å². The fourth-order valence-corrected chi connectivity index (χ4v) is 1.82. The molecule has 0 aliphatic rings. The van der Waals surface area contributed by atoms with Crippen LogP contribution >= 0.6 is 11.6 Å². The Balaban J connectivity index is 2.17. The molecule has 0 aliphatic carbocycles. The van der Waals surface area contributed by atoms with Crippen molar-refractivity contribution < 1.29 is 0 Å². The number of aromatic nitrogens is 3. The van der Waals surface area contributed by atoms with Crippen LogP contribution in [-0.4, -0.2) is 21.7 Å². The molecule has 5 heteroatoms. The quantitative estimate of drug-likeness (QED) is 0.850. The molecule has 0 saturated carbocycles. The fraction of sp³-hybridized carbons (Fsp3) is 0.308. The van der Waals surface area contributed by atoms with Gasteiger partial charge in [-0.2, -0.15) is 0 Å². The minimum atomic E-state index is 0.406. The van der Waals surface area contributed by atoms with Gasteiger partial charge in [0.05, 0.1) is 12.2 Å². The molecule has 0 aliphatic heterocycles. The number of nitrogens with zero attached hydrogens (tertiary/aromatic N) is 4. The van der Waals surface area contributed by atoms with Crippen LogP contribution in [0.1, 0.15) is 18.3 Å². The third-order valence-corrected chi connectivity index (χ3v) is 2.82. The Kier molecular flexibility index (Phi) is 4.10. The molecule has 0 bridgehead atoms. The van der Waals surface area contributed by atoms with Crippen molar-refractivity contribution in [2.24, 2.45) is 0 Å². The highest BCUT2D eigenvalue weighted by Gasteiger charge is 2.08. The number of rotatable bonds is 4. The Morgan fingerprint density at radius 2 is 2.00 bits per heavy atom. The summed E-state index contributed by atoms with van der Waals surface area (Å²) in [6.45, 7) is 5.62. The van der Waals surface area contributed by atoms with E-state index in [-0.39, 0.29) is 0 Å². The monoisotopic (exact) mass is 262 g/mol. The average molecular weight is 263 g/mol. The number of halogens is 1. The van der Waals surface area contributed by atoms with Crippen LogP contribution in [0.4, 0.5) is 5.82 Å². The number of aryl methyl sites for hydroxylation is 1. The first-order valence-corrected chi connectivity index (χ1v) is 6.23. The lowest BCUT2D eigenvalue weighted by molar-refractivity contribution is 0.777. The Morgan fingerprint density at radius 3 is 2.61 bits per heavy atom. The average Bonchev–Trinajstić information content (AvgIpc) is 2.37. The van der Waals surface area contributed by atoms with Gasteiger partial charge in [0.15, 0.2) is 11.0 Å². The Labute approximate surface area is 112 Å². The Morgan fingerprint density at radius 1 is 1.17 bits per heavy atom. The number of pyridine rings is 1. The third kappa shape index (κ3) is 3.17. The molecule has 4 nitrogen and oxygen atoms in total. The summed E-state index contributed by atoms with van der Waals surface area (Å²) in [6, 6.07) is 9.63. The first kappa shape index (κ1) is 12.8. The summed E-state index contributed by atoms with van der Waals surface area (Å²) < 4.78 is 0. The van der Waals surface area contributed by atoms with E-state index >= 15 is 0 Å². The molecule has 0 radical (unpaired) electrons. The lowest BCUT2D eigenvalue weighted by Gasteiger charge is -2.20. The second-order valence-electron chi connectivity index (χ2n) is 4.00. The topological polar surface area (TPSA) is 41.9 Å². The van der Waals surface area contributed by atoms with E-state index in [0.717, 1.165) is 23.8 Å². The van der Waals surface area contributed by atoms with Crippen LogP contribution in [0.25, 0.3) is 0 Å². The summed E-state index contributed by atoms with van der Waals surface area (Å²) in [4.78, 5) is 6.59. The summed E-state index contributed by atoms with van der Waals surface area (Å²) in [5, 5.41) is 8.35. The van der Waals surface area contributed by atoms with Crippen LogP contribution in [0, 0.1) is 6.92 Å². The Bertz CT molecular complexity index is 513. The van der Waals surface area contributed by atoms with Crippen molar-refractivity contribution in [3.63, 3.8) is 0 Å². The van der Waals surface area contributed by atoms with E-state index in [1.165, 1.54) is 0 Å². The van der Waals surface area contributed by atoms with Gasteiger partial charge in [-0.25, -0.2) is 0 Å². The van der Waals surface area contributed by atoms with Crippen molar-refractivity contribution in [2.45, 2.75) is 20.4 Å². The molecule has 2 aromatic rings. The molecule has 2 aromatic heterocycles. The molecule has 0 fully saturated rings. The maximum Gasteiger partial charge on any atom is 0.151 e. The molecular formula is C13H15ClN4. The predicted octanol–water partition coefficient (Wildman–Crippen LogP) is 2.86. The maximum atomic E-state index is 5.74. The lowest BCUT2D eigenvalue weighted by atomic mass is 10.3. The van der Waals surface area contributed by atoms with Gasteiger partial charge in [0, 0.05) is 12.2 Å². The van der Waals surface area contributed by atoms with E-state index in [1.807, 2.05) is 31.2 Å². The SMILES string of the molecule is CCN(Cc1cccc(C)n1)c1ccc(Cl)nn1. The molecule has 18 heavy (non-hydrogen) atoms. The van der Waals surface area contributed by atoms with Crippen LogP contribution in [0.15, 0.2) is 30.3 Å². The zero-order chi connectivity index (χ0) is 13.0. The van der Waals surface area contributed by atoms with Crippen molar-refractivity contribution in [3.8, 4) is 0 Å². The maximum absolute atomic E-state index is 5.74. The van der Waals surface area contributed by atoms with Crippen LogP contribution in [0.2, 0.25) is 5.15 Å². The number of anilines is 1. The molecule has 2 rings (SSSR count). The van der Waals surface area contributed by atoms with Gasteiger partial charge in [-0.15, -0.1) is 10.2 Å². The van der Waals surface area contributed by atoms with Crippen LogP contribution in [-0.2, 0) is 6.54 Å². The summed E-state index contributed by atoms with van der Waals surface area (Å²) in [5.74, 6) is 0.810. The molecule has 2 heterocycles. The van der Waals surface area contributed by atoms with Gasteiger partial charge in [0.25, 0.3) is 0 Å². The van der Waals surface area contributed by atoms with Gasteiger partial charge in [-0.1, -0.05) is 17.7 Å². The van der Waals surface area contributed by atoms with Crippen LogP contribution in [0.5, 0.6) is 0 Å². The minimum Gasteiger partial charge on any atom is -0.350 e. The molecule has 94 valence electrons. The first-order valence-electron chi connectivity index (χ1n) is 5.85. The standard InChI is InChI=1S/C13H15ClN4/c1-3-18(13-8-7-12(14)16-17-13)9-11-6-4-5-10(2)15-11/h4-8H,3,9H2,1-2H3. The second-order valence-corrected chi connectivity index (χ2v) is 4.39. The van der Waals surface area contributed by atoms with Gasteiger partial charge in [-0.05, 0) is 38.1 Å². The van der Waals surface area contributed by atoms with Crippen molar-refractivity contribution in [2.75, 3.05) is 11.4 Å². The van der Waals surface area contributed by atoms with Crippen molar-refractivity contribution >= 4 is 17.4 Å². The van der Waals surface area contributed by atoms with Crippen molar-refractivity contribution in [1.82, 2.24) is 15.2 Å². The highest BCUT2D eigenvalue weighted by atomic mass is 35.5. The molecule has 0 spiro atoms. The van der Waals surface area contributed by atoms with E-state index in [4.69, 9.17) is 11.6 Å². The second kappa shape index (κ2) is 5.78. The molecule has 0 unspecified atom stereocenters. The van der Waals surface area contributed by atoms with Gasteiger partial charge >= 0.3 is 0 Å². The highest BCUT2D eigenvalue weighted by Crippen LogP contribution is 2.14. The predicted molar refractivity (Wildman–Crippen MR) is 72.7 cm³/mol.